The highest BCUT2D eigenvalue weighted by atomic mass is 16.6. The Bertz CT molecular complexity index is 762. The summed E-state index contributed by atoms with van der Waals surface area (Å²) in [6.45, 7) is 10.8. The molecule has 0 saturated heterocycles. The van der Waals surface area contributed by atoms with Crippen LogP contribution < -0.4 is 27.0 Å². The largest absolute Gasteiger partial charge is 0.480 e. The minimum absolute atomic E-state index is 0.464. The number of rotatable bonds is 11. The number of primary amides is 1. The minimum Gasteiger partial charge on any atom is -0.480 e. The number of nitrogens with two attached hydrogens (primary N) is 1. The zero-order valence-electron chi connectivity index (χ0n) is 20.0. The number of hydrogen-bond acceptors (Lipinski definition) is 7. The van der Waals surface area contributed by atoms with Crippen LogP contribution >= 0.6 is 0 Å². The van der Waals surface area contributed by atoms with Gasteiger partial charge in [0, 0.05) is 0 Å². The molecule has 0 aliphatic carbocycles. The minimum atomic E-state index is -1.45. The van der Waals surface area contributed by atoms with Crippen LogP contribution in [0.2, 0.25) is 0 Å². The molecule has 33 heavy (non-hydrogen) atoms. The van der Waals surface area contributed by atoms with Gasteiger partial charge in [-0.2, -0.15) is 0 Å². The highest BCUT2D eigenvalue weighted by Crippen LogP contribution is 2.07. The Labute approximate surface area is 192 Å². The van der Waals surface area contributed by atoms with E-state index < -0.39 is 77.8 Å². The summed E-state index contributed by atoms with van der Waals surface area (Å²) < 4.78 is 5.05. The van der Waals surface area contributed by atoms with Gasteiger partial charge in [0.15, 0.2) is 0 Å². The van der Waals surface area contributed by atoms with Crippen LogP contribution in [-0.2, 0) is 28.7 Å². The Morgan fingerprint density at radius 3 is 1.73 bits per heavy atom. The van der Waals surface area contributed by atoms with Gasteiger partial charge in [0.05, 0.1) is 6.42 Å². The molecule has 7 N–H and O–H groups in total. The quantitative estimate of drug-likeness (QED) is 0.219. The summed E-state index contributed by atoms with van der Waals surface area (Å²) in [5, 5.41) is 18.4. The maximum absolute atomic E-state index is 12.5. The van der Waals surface area contributed by atoms with E-state index in [1.165, 1.54) is 13.8 Å². The van der Waals surface area contributed by atoms with Crippen LogP contribution in [0.25, 0.3) is 0 Å². The number of alkyl carbamates (subject to hydrolysis) is 1. The van der Waals surface area contributed by atoms with E-state index in [-0.39, 0.29) is 0 Å². The van der Waals surface area contributed by atoms with E-state index in [9.17, 15) is 33.9 Å². The molecular formula is C20H35N5O8. The molecule has 0 unspecified atom stereocenters. The van der Waals surface area contributed by atoms with Crippen molar-refractivity contribution in [1.82, 2.24) is 21.3 Å². The van der Waals surface area contributed by atoms with Gasteiger partial charge >= 0.3 is 12.1 Å². The van der Waals surface area contributed by atoms with Crippen molar-refractivity contribution in [2.24, 2.45) is 11.7 Å². The van der Waals surface area contributed by atoms with Crippen LogP contribution in [0.15, 0.2) is 0 Å². The molecular weight excluding hydrogens is 438 g/mol. The van der Waals surface area contributed by atoms with Crippen molar-refractivity contribution in [2.45, 2.75) is 84.7 Å². The standard InChI is InChI=1S/C20H35N5O8/c1-9(2)14(18(30)31)25-17(29)12(8-13(21)26)24-16(28)10(3)22-15(27)11(4)23-19(32)33-20(5,6)7/h9-12,14H,8H2,1-7H3,(H2,21,26)(H,22,27)(H,23,32)(H,24,28)(H,25,29)(H,30,31)/t10-,11-,12-,14-/m0/s1. The van der Waals surface area contributed by atoms with Crippen LogP contribution in [-0.4, -0.2) is 70.6 Å². The average molecular weight is 474 g/mol. The first-order valence-electron chi connectivity index (χ1n) is 10.4. The van der Waals surface area contributed by atoms with Gasteiger partial charge in [-0.15, -0.1) is 0 Å². The molecule has 0 aromatic heterocycles. The number of ether oxygens (including phenoxy) is 1. The molecule has 0 spiro atoms. The lowest BCUT2D eigenvalue weighted by atomic mass is 10.0. The first kappa shape index (κ1) is 29.6. The van der Waals surface area contributed by atoms with Crippen molar-refractivity contribution in [3.8, 4) is 0 Å². The topological polar surface area (TPSA) is 206 Å². The lowest BCUT2D eigenvalue weighted by molar-refractivity contribution is -0.143. The normalized spacial score (nSPS) is 14.8. The van der Waals surface area contributed by atoms with Gasteiger partial charge in [0.1, 0.15) is 29.8 Å². The van der Waals surface area contributed by atoms with Gasteiger partial charge in [-0.1, -0.05) is 13.8 Å². The molecule has 0 heterocycles. The first-order chi connectivity index (χ1) is 14.9. The number of carbonyl (C=O) groups excluding carboxylic acids is 5. The Morgan fingerprint density at radius 2 is 1.30 bits per heavy atom. The van der Waals surface area contributed by atoms with E-state index in [0.29, 0.717) is 0 Å². The molecule has 0 aromatic rings. The van der Waals surface area contributed by atoms with Crippen molar-refractivity contribution in [3.63, 3.8) is 0 Å². The second-order valence-electron chi connectivity index (χ2n) is 8.90. The van der Waals surface area contributed by atoms with Gasteiger partial charge in [-0.25, -0.2) is 9.59 Å². The van der Waals surface area contributed by atoms with E-state index in [1.807, 2.05) is 0 Å². The number of aliphatic carboxylic acids is 1. The van der Waals surface area contributed by atoms with E-state index in [4.69, 9.17) is 10.5 Å². The molecule has 0 fully saturated rings. The number of carboxylic acid groups (broad SMARTS) is 1. The van der Waals surface area contributed by atoms with Crippen molar-refractivity contribution < 1.29 is 38.6 Å². The van der Waals surface area contributed by atoms with Gasteiger partial charge in [0.25, 0.3) is 0 Å². The predicted octanol–water partition coefficient (Wildman–Crippen LogP) is -1.01. The van der Waals surface area contributed by atoms with Gasteiger partial charge in [-0.3, -0.25) is 19.2 Å². The molecule has 0 bridgehead atoms. The summed E-state index contributed by atoms with van der Waals surface area (Å²) in [5.74, 6) is -5.10. The molecule has 0 radical (unpaired) electrons. The lowest BCUT2D eigenvalue weighted by Gasteiger charge is -2.24. The molecule has 5 amide bonds. The van der Waals surface area contributed by atoms with Crippen LogP contribution in [0, 0.1) is 5.92 Å². The number of amides is 5. The highest BCUT2D eigenvalue weighted by Gasteiger charge is 2.31. The molecule has 0 aliphatic rings. The Balaban J connectivity index is 5.10. The third-order valence-electron chi connectivity index (χ3n) is 4.15. The second kappa shape index (κ2) is 12.6. The fourth-order valence-corrected chi connectivity index (χ4v) is 2.43. The SMILES string of the molecule is CC(C)[C@H](NC(=O)[C@H](CC(N)=O)NC(=O)[C@H](C)NC(=O)[C@H](C)NC(=O)OC(C)(C)C)C(=O)O. The van der Waals surface area contributed by atoms with Crippen LogP contribution in [0.5, 0.6) is 0 Å². The molecule has 13 nitrogen and oxygen atoms in total. The zero-order chi connectivity index (χ0) is 26.1. The number of hydrogen-bond donors (Lipinski definition) is 6. The monoisotopic (exact) mass is 473 g/mol. The van der Waals surface area contributed by atoms with Crippen LogP contribution in [0.4, 0.5) is 4.79 Å². The van der Waals surface area contributed by atoms with Gasteiger partial charge in [0.2, 0.25) is 23.6 Å². The van der Waals surface area contributed by atoms with Crippen LogP contribution in [0.3, 0.4) is 0 Å². The summed E-state index contributed by atoms with van der Waals surface area (Å²) in [4.78, 5) is 71.7. The van der Waals surface area contributed by atoms with Gasteiger partial charge in [-0.05, 0) is 40.5 Å². The van der Waals surface area contributed by atoms with Crippen molar-refractivity contribution in [2.75, 3.05) is 0 Å². The predicted molar refractivity (Wildman–Crippen MR) is 117 cm³/mol. The van der Waals surface area contributed by atoms with Crippen molar-refractivity contribution in [1.29, 1.82) is 0 Å². The smallest absolute Gasteiger partial charge is 0.408 e. The van der Waals surface area contributed by atoms with Crippen molar-refractivity contribution in [3.05, 3.63) is 0 Å². The Morgan fingerprint density at radius 1 is 0.818 bits per heavy atom. The third kappa shape index (κ3) is 11.7. The van der Waals surface area contributed by atoms with E-state index >= 15 is 0 Å². The molecule has 4 atom stereocenters. The zero-order valence-corrected chi connectivity index (χ0v) is 20.0. The number of nitrogens with one attached hydrogen (secondary N) is 4. The molecule has 0 rings (SSSR count). The van der Waals surface area contributed by atoms with E-state index in [2.05, 4.69) is 21.3 Å². The number of carbonyl (C=O) groups is 6. The van der Waals surface area contributed by atoms with E-state index in [0.717, 1.165) is 0 Å². The molecule has 0 aromatic carbocycles. The highest BCUT2D eigenvalue weighted by molar-refractivity contribution is 5.96. The fraction of sp³-hybridized carbons (Fsp3) is 0.700. The maximum Gasteiger partial charge on any atom is 0.408 e. The Kier molecular flexibility index (Phi) is 11.3. The summed E-state index contributed by atoms with van der Waals surface area (Å²) in [7, 11) is 0. The first-order valence-corrected chi connectivity index (χ1v) is 10.4. The summed E-state index contributed by atoms with van der Waals surface area (Å²) >= 11 is 0. The lowest BCUT2D eigenvalue weighted by Crippen LogP contribution is -2.58. The summed E-state index contributed by atoms with van der Waals surface area (Å²) in [6.07, 6.45) is -1.40. The van der Waals surface area contributed by atoms with Crippen molar-refractivity contribution >= 4 is 35.7 Å². The average Bonchev–Trinajstić information content (AvgIpc) is 2.62. The van der Waals surface area contributed by atoms with Gasteiger partial charge < -0.3 is 36.8 Å². The Hall–Kier alpha value is -3.38. The number of carboxylic acids is 1. The van der Waals surface area contributed by atoms with Crippen LogP contribution in [0.1, 0.15) is 54.9 Å². The summed E-state index contributed by atoms with van der Waals surface area (Å²) in [6, 6.07) is -4.90. The van der Waals surface area contributed by atoms with E-state index in [1.54, 1.807) is 34.6 Å². The second-order valence-corrected chi connectivity index (χ2v) is 8.90. The fourth-order valence-electron chi connectivity index (χ4n) is 2.43. The molecule has 0 saturated carbocycles. The maximum atomic E-state index is 12.5. The molecule has 0 aliphatic heterocycles. The third-order valence-corrected chi connectivity index (χ3v) is 4.15. The molecule has 13 heteroatoms. The molecule has 188 valence electrons. The summed E-state index contributed by atoms with van der Waals surface area (Å²) in [5.41, 5.74) is 4.37.